The second kappa shape index (κ2) is 4.98. The van der Waals surface area contributed by atoms with E-state index in [-0.39, 0.29) is 11.8 Å². The van der Waals surface area contributed by atoms with Crippen molar-refractivity contribution in [1.29, 1.82) is 0 Å². The summed E-state index contributed by atoms with van der Waals surface area (Å²) in [5, 5.41) is 11.5. The lowest BCUT2D eigenvalue weighted by atomic mass is 9.86. The molecule has 1 amide bonds. The van der Waals surface area contributed by atoms with Crippen molar-refractivity contribution in [3.8, 4) is 0 Å². The summed E-state index contributed by atoms with van der Waals surface area (Å²) in [5.41, 5.74) is 4.58. The van der Waals surface area contributed by atoms with Gasteiger partial charge in [-0.3, -0.25) is 9.89 Å². The zero-order chi connectivity index (χ0) is 16.1. The zero-order valence-corrected chi connectivity index (χ0v) is 13.6. The Labute approximate surface area is 134 Å². The van der Waals surface area contributed by atoms with E-state index < -0.39 is 0 Å². The Morgan fingerprint density at radius 1 is 1.30 bits per heavy atom. The van der Waals surface area contributed by atoms with Gasteiger partial charge in [-0.2, -0.15) is 5.10 Å². The number of anilines is 1. The molecule has 0 saturated heterocycles. The Bertz CT molecular complexity index is 903. The fourth-order valence-corrected chi connectivity index (χ4v) is 3.62. The highest BCUT2D eigenvalue weighted by Crippen LogP contribution is 2.41. The third-order valence-electron chi connectivity index (χ3n) is 4.75. The van der Waals surface area contributed by atoms with Crippen molar-refractivity contribution in [2.24, 2.45) is 7.05 Å². The van der Waals surface area contributed by atoms with E-state index in [2.05, 4.69) is 59.2 Å². The Morgan fingerprint density at radius 3 is 2.83 bits per heavy atom. The number of rotatable bonds is 2. The van der Waals surface area contributed by atoms with E-state index in [0.29, 0.717) is 18.2 Å². The van der Waals surface area contributed by atoms with Crippen molar-refractivity contribution in [3.05, 3.63) is 47.3 Å². The van der Waals surface area contributed by atoms with E-state index in [4.69, 9.17) is 0 Å². The fourth-order valence-electron chi connectivity index (χ4n) is 3.62. The maximum atomic E-state index is 12.1. The van der Waals surface area contributed by atoms with Gasteiger partial charge in [-0.1, -0.05) is 32.0 Å². The number of hydrogen-bond acceptors (Lipinski definition) is 2. The molecule has 1 aliphatic rings. The topological polar surface area (TPSA) is 62.7 Å². The number of amides is 1. The van der Waals surface area contributed by atoms with Crippen LogP contribution in [0.15, 0.2) is 30.3 Å². The molecule has 4 rings (SSSR count). The summed E-state index contributed by atoms with van der Waals surface area (Å²) in [6.07, 6.45) is 0.455. The number of para-hydroxylation sites is 1. The van der Waals surface area contributed by atoms with Gasteiger partial charge in [0.1, 0.15) is 0 Å². The van der Waals surface area contributed by atoms with Crippen molar-refractivity contribution >= 4 is 22.6 Å². The van der Waals surface area contributed by atoms with E-state index in [0.717, 1.165) is 17.0 Å². The number of aromatic nitrogens is 3. The molecule has 0 aliphatic carbocycles. The lowest BCUT2D eigenvalue weighted by molar-refractivity contribution is -0.116. The van der Waals surface area contributed by atoms with Crippen molar-refractivity contribution in [3.63, 3.8) is 0 Å². The molecule has 1 atom stereocenters. The first kappa shape index (κ1) is 14.1. The minimum absolute atomic E-state index is 0.0227. The standard InChI is InChI=1S/C18H20N4O/c1-10(2)17-16-12(9-15(23)19-18(16)21-20-17)14-8-11-6-4-5-7-13(11)22(14)3/h4-8,10,12H,9H2,1-3H3,(H2,19,20,21,23)/t12-/m1/s1. The first-order valence-corrected chi connectivity index (χ1v) is 7.98. The minimum atomic E-state index is 0.0227. The van der Waals surface area contributed by atoms with Crippen LogP contribution in [0.1, 0.15) is 49.1 Å². The predicted molar refractivity (Wildman–Crippen MR) is 90.7 cm³/mol. The molecule has 1 aromatic carbocycles. The summed E-state index contributed by atoms with van der Waals surface area (Å²) in [5.74, 6) is 1.07. The number of aryl methyl sites for hydroxylation is 1. The quantitative estimate of drug-likeness (QED) is 0.761. The molecule has 118 valence electrons. The maximum Gasteiger partial charge on any atom is 0.226 e. The molecular formula is C18H20N4O. The molecule has 5 heteroatoms. The Hall–Kier alpha value is -2.56. The van der Waals surface area contributed by atoms with E-state index in [1.54, 1.807) is 0 Å². The van der Waals surface area contributed by atoms with Crippen LogP contribution < -0.4 is 5.32 Å². The molecule has 0 unspecified atom stereocenters. The highest BCUT2D eigenvalue weighted by atomic mass is 16.1. The summed E-state index contributed by atoms with van der Waals surface area (Å²) in [4.78, 5) is 12.1. The van der Waals surface area contributed by atoms with Crippen molar-refractivity contribution in [1.82, 2.24) is 14.8 Å². The third kappa shape index (κ3) is 2.07. The average molecular weight is 308 g/mol. The van der Waals surface area contributed by atoms with Gasteiger partial charge >= 0.3 is 0 Å². The summed E-state index contributed by atoms with van der Waals surface area (Å²) in [7, 11) is 2.07. The maximum absolute atomic E-state index is 12.1. The summed E-state index contributed by atoms with van der Waals surface area (Å²) in [6, 6.07) is 10.5. The number of hydrogen-bond donors (Lipinski definition) is 2. The molecule has 2 aromatic heterocycles. The molecule has 0 radical (unpaired) electrons. The van der Waals surface area contributed by atoms with Gasteiger partial charge in [-0.05, 0) is 23.4 Å². The zero-order valence-electron chi connectivity index (χ0n) is 13.6. The Kier molecular flexibility index (Phi) is 3.04. The number of carbonyl (C=O) groups excluding carboxylic acids is 1. The fraction of sp³-hybridized carbons (Fsp3) is 0.333. The monoisotopic (exact) mass is 308 g/mol. The summed E-state index contributed by atoms with van der Waals surface area (Å²) >= 11 is 0. The van der Waals surface area contributed by atoms with Crippen LogP contribution in [0, 0.1) is 0 Å². The van der Waals surface area contributed by atoms with Crippen LogP contribution in [0.5, 0.6) is 0 Å². The van der Waals surface area contributed by atoms with E-state index in [1.165, 1.54) is 10.9 Å². The highest BCUT2D eigenvalue weighted by Gasteiger charge is 2.33. The number of H-pyrrole nitrogens is 1. The lowest BCUT2D eigenvalue weighted by Gasteiger charge is -2.24. The van der Waals surface area contributed by atoms with E-state index in [1.807, 2.05) is 12.1 Å². The van der Waals surface area contributed by atoms with Gasteiger partial charge in [0.25, 0.3) is 0 Å². The number of nitrogens with zero attached hydrogens (tertiary/aromatic N) is 2. The lowest BCUT2D eigenvalue weighted by Crippen LogP contribution is -2.25. The number of nitrogens with one attached hydrogen (secondary N) is 2. The normalized spacial score (nSPS) is 17.6. The van der Waals surface area contributed by atoms with Crippen LogP contribution in [0.2, 0.25) is 0 Å². The Balaban J connectivity index is 1.93. The second-order valence-electron chi connectivity index (χ2n) is 6.55. The first-order valence-electron chi connectivity index (χ1n) is 7.98. The predicted octanol–water partition coefficient (Wildman–Crippen LogP) is 3.50. The number of carbonyl (C=O) groups is 1. The number of aromatic amines is 1. The Morgan fingerprint density at radius 2 is 2.09 bits per heavy atom. The molecule has 2 N–H and O–H groups in total. The first-order chi connectivity index (χ1) is 11.1. The van der Waals surface area contributed by atoms with Crippen LogP contribution in [-0.2, 0) is 11.8 Å². The van der Waals surface area contributed by atoms with Crippen molar-refractivity contribution in [2.75, 3.05) is 5.32 Å². The van der Waals surface area contributed by atoms with Gasteiger partial charge in [0.2, 0.25) is 5.91 Å². The van der Waals surface area contributed by atoms with Gasteiger partial charge in [0.05, 0.1) is 0 Å². The molecule has 3 aromatic rings. The van der Waals surface area contributed by atoms with Crippen LogP contribution >= 0.6 is 0 Å². The molecule has 0 bridgehead atoms. The molecule has 0 saturated carbocycles. The van der Waals surface area contributed by atoms with Crippen molar-refractivity contribution < 1.29 is 4.79 Å². The molecule has 23 heavy (non-hydrogen) atoms. The van der Waals surface area contributed by atoms with Gasteiger partial charge in [-0.25, -0.2) is 0 Å². The van der Waals surface area contributed by atoms with Gasteiger partial charge in [-0.15, -0.1) is 0 Å². The molecule has 3 heterocycles. The van der Waals surface area contributed by atoms with Crippen molar-refractivity contribution in [2.45, 2.75) is 32.1 Å². The summed E-state index contributed by atoms with van der Waals surface area (Å²) < 4.78 is 2.19. The largest absolute Gasteiger partial charge is 0.347 e. The third-order valence-corrected chi connectivity index (χ3v) is 4.75. The number of benzene rings is 1. The van der Waals surface area contributed by atoms with Crippen LogP contribution in [-0.4, -0.2) is 20.7 Å². The van der Waals surface area contributed by atoms with E-state index >= 15 is 0 Å². The molecule has 1 aliphatic heterocycles. The smallest absolute Gasteiger partial charge is 0.226 e. The molecule has 0 spiro atoms. The molecular weight excluding hydrogens is 288 g/mol. The van der Waals surface area contributed by atoms with Gasteiger partial charge in [0.15, 0.2) is 5.82 Å². The van der Waals surface area contributed by atoms with Crippen LogP contribution in [0.25, 0.3) is 10.9 Å². The SMILES string of the molecule is CC(C)c1[nH]nc2c1[C@@H](c1cc3ccccc3n1C)CC(=O)N2. The minimum Gasteiger partial charge on any atom is -0.347 e. The van der Waals surface area contributed by atoms with Crippen LogP contribution in [0.4, 0.5) is 5.82 Å². The average Bonchev–Trinajstić information content (AvgIpc) is 3.08. The summed E-state index contributed by atoms with van der Waals surface area (Å²) in [6.45, 7) is 4.28. The van der Waals surface area contributed by atoms with Gasteiger partial charge < -0.3 is 9.88 Å². The highest BCUT2D eigenvalue weighted by molar-refractivity contribution is 5.95. The second-order valence-corrected chi connectivity index (χ2v) is 6.55. The number of fused-ring (bicyclic) bond motifs is 2. The van der Waals surface area contributed by atoms with Crippen LogP contribution in [0.3, 0.4) is 0 Å². The molecule has 0 fully saturated rings. The van der Waals surface area contributed by atoms with E-state index in [9.17, 15) is 4.79 Å². The molecule has 5 nitrogen and oxygen atoms in total. The van der Waals surface area contributed by atoms with Gasteiger partial charge in [0, 0.05) is 41.9 Å².